The van der Waals surface area contributed by atoms with Gasteiger partial charge in [0.05, 0.1) is 5.56 Å². The van der Waals surface area contributed by atoms with Crippen molar-refractivity contribution in [2.24, 2.45) is 0 Å². The van der Waals surface area contributed by atoms with E-state index in [4.69, 9.17) is 4.74 Å². The zero-order valence-electron chi connectivity index (χ0n) is 13.3. The molecule has 0 spiro atoms. The molecule has 0 radical (unpaired) electrons. The number of para-hydroxylation sites is 1. The fourth-order valence-electron chi connectivity index (χ4n) is 2.05. The first kappa shape index (κ1) is 17.0. The van der Waals surface area contributed by atoms with Gasteiger partial charge in [0.25, 0.3) is 5.91 Å². The Morgan fingerprint density at radius 2 is 1.43 bits per heavy atom. The number of benzene rings is 1. The first-order valence-electron chi connectivity index (χ1n) is 7.43. The highest BCUT2D eigenvalue weighted by molar-refractivity contribution is 5.97. The van der Waals surface area contributed by atoms with Gasteiger partial charge in [0.1, 0.15) is 5.75 Å². The van der Waals surface area contributed by atoms with Crippen LogP contribution < -0.4 is 4.74 Å². The number of ether oxygens (including phenoxy) is 1. The van der Waals surface area contributed by atoms with E-state index in [1.807, 2.05) is 27.7 Å². The molecule has 1 rings (SSSR count). The Morgan fingerprint density at radius 3 is 1.95 bits per heavy atom. The molecule has 0 heterocycles. The van der Waals surface area contributed by atoms with Gasteiger partial charge < -0.3 is 14.5 Å². The maximum Gasteiger partial charge on any atom is 0.415 e. The van der Waals surface area contributed by atoms with Crippen LogP contribution in [0.15, 0.2) is 24.3 Å². The highest BCUT2D eigenvalue weighted by atomic mass is 16.6. The molecule has 0 saturated carbocycles. The molecule has 116 valence electrons. The molecule has 0 atom stereocenters. The summed E-state index contributed by atoms with van der Waals surface area (Å²) in [7, 11) is 0. The van der Waals surface area contributed by atoms with Crippen molar-refractivity contribution in [3.05, 3.63) is 29.8 Å². The molecule has 5 heteroatoms. The summed E-state index contributed by atoms with van der Waals surface area (Å²) >= 11 is 0. The molecule has 0 aliphatic carbocycles. The minimum atomic E-state index is -0.431. The Balaban J connectivity index is 2.99. The predicted molar refractivity (Wildman–Crippen MR) is 82.6 cm³/mol. The van der Waals surface area contributed by atoms with Gasteiger partial charge in [0, 0.05) is 26.2 Å². The number of carbonyl (C=O) groups is 2. The van der Waals surface area contributed by atoms with Crippen molar-refractivity contribution < 1.29 is 14.3 Å². The Hall–Kier alpha value is -2.04. The van der Waals surface area contributed by atoms with Crippen LogP contribution in [0.5, 0.6) is 5.75 Å². The van der Waals surface area contributed by atoms with Crippen molar-refractivity contribution in [1.29, 1.82) is 0 Å². The monoisotopic (exact) mass is 292 g/mol. The second-order valence-corrected chi connectivity index (χ2v) is 4.51. The zero-order valence-corrected chi connectivity index (χ0v) is 13.3. The molecule has 0 saturated heterocycles. The minimum absolute atomic E-state index is 0.122. The van der Waals surface area contributed by atoms with Crippen LogP contribution >= 0.6 is 0 Å². The van der Waals surface area contributed by atoms with Crippen molar-refractivity contribution in [3.8, 4) is 5.75 Å². The van der Waals surface area contributed by atoms with Crippen LogP contribution in [-0.2, 0) is 0 Å². The summed E-state index contributed by atoms with van der Waals surface area (Å²) in [6, 6.07) is 6.86. The summed E-state index contributed by atoms with van der Waals surface area (Å²) in [5.41, 5.74) is 0.418. The minimum Gasteiger partial charge on any atom is -0.409 e. The summed E-state index contributed by atoms with van der Waals surface area (Å²) in [4.78, 5) is 27.7. The quantitative estimate of drug-likeness (QED) is 0.810. The molecular formula is C16H24N2O3. The highest BCUT2D eigenvalue weighted by Gasteiger charge is 2.20. The molecule has 21 heavy (non-hydrogen) atoms. The normalized spacial score (nSPS) is 10.1. The van der Waals surface area contributed by atoms with E-state index in [-0.39, 0.29) is 5.91 Å². The van der Waals surface area contributed by atoms with E-state index in [1.165, 1.54) is 0 Å². The Bertz CT molecular complexity index is 480. The fourth-order valence-corrected chi connectivity index (χ4v) is 2.05. The van der Waals surface area contributed by atoms with E-state index >= 15 is 0 Å². The molecule has 0 aromatic heterocycles. The molecule has 0 aliphatic rings. The van der Waals surface area contributed by atoms with Crippen molar-refractivity contribution in [3.63, 3.8) is 0 Å². The summed E-state index contributed by atoms with van der Waals surface area (Å²) in [6.45, 7) is 10.00. The number of rotatable bonds is 6. The van der Waals surface area contributed by atoms with Crippen LogP contribution in [0.4, 0.5) is 4.79 Å². The first-order valence-corrected chi connectivity index (χ1v) is 7.43. The van der Waals surface area contributed by atoms with Gasteiger partial charge in [-0.05, 0) is 39.8 Å². The molecule has 1 aromatic rings. The fraction of sp³-hybridized carbons (Fsp3) is 0.500. The van der Waals surface area contributed by atoms with Crippen LogP contribution in [-0.4, -0.2) is 48.0 Å². The van der Waals surface area contributed by atoms with Crippen molar-refractivity contribution in [2.75, 3.05) is 26.2 Å². The van der Waals surface area contributed by atoms with Crippen molar-refractivity contribution >= 4 is 12.0 Å². The second-order valence-electron chi connectivity index (χ2n) is 4.51. The SMILES string of the molecule is CCN(CC)C(=O)Oc1ccccc1C(=O)N(CC)CC. The van der Waals surface area contributed by atoms with Gasteiger partial charge in [0.15, 0.2) is 0 Å². The standard InChI is InChI=1S/C16H24N2O3/c1-5-17(6-2)15(19)13-11-9-10-12-14(13)21-16(20)18(7-3)8-4/h9-12H,5-8H2,1-4H3. The van der Waals surface area contributed by atoms with Gasteiger partial charge in [-0.25, -0.2) is 4.79 Å². The second kappa shape index (κ2) is 8.29. The molecular weight excluding hydrogens is 268 g/mol. The summed E-state index contributed by atoms with van der Waals surface area (Å²) in [5.74, 6) is 0.189. The molecule has 0 bridgehead atoms. The van der Waals surface area contributed by atoms with Gasteiger partial charge in [-0.3, -0.25) is 4.79 Å². The molecule has 0 N–H and O–H groups in total. The van der Waals surface area contributed by atoms with Crippen molar-refractivity contribution in [1.82, 2.24) is 9.80 Å². The zero-order chi connectivity index (χ0) is 15.8. The van der Waals surface area contributed by atoms with Crippen LogP contribution in [0, 0.1) is 0 Å². The van der Waals surface area contributed by atoms with E-state index in [2.05, 4.69) is 0 Å². The van der Waals surface area contributed by atoms with Gasteiger partial charge in [-0.1, -0.05) is 12.1 Å². The summed E-state index contributed by atoms with van der Waals surface area (Å²) in [6.07, 6.45) is -0.431. The maximum absolute atomic E-state index is 12.4. The topological polar surface area (TPSA) is 49.9 Å². The van der Waals surface area contributed by atoms with Crippen LogP contribution in [0.1, 0.15) is 38.1 Å². The maximum atomic E-state index is 12.4. The summed E-state index contributed by atoms with van der Waals surface area (Å²) in [5, 5.41) is 0. The molecule has 0 unspecified atom stereocenters. The molecule has 0 aliphatic heterocycles. The number of amides is 2. The van der Waals surface area contributed by atoms with Gasteiger partial charge in [0.2, 0.25) is 0 Å². The van der Waals surface area contributed by atoms with E-state index in [9.17, 15) is 9.59 Å². The molecule has 2 amide bonds. The first-order chi connectivity index (χ1) is 10.1. The Labute approximate surface area is 126 Å². The van der Waals surface area contributed by atoms with E-state index in [0.29, 0.717) is 37.5 Å². The highest BCUT2D eigenvalue weighted by Crippen LogP contribution is 2.20. The number of hydrogen-bond acceptors (Lipinski definition) is 3. The Kier molecular flexibility index (Phi) is 6.72. The lowest BCUT2D eigenvalue weighted by Crippen LogP contribution is -2.34. The summed E-state index contributed by atoms with van der Waals surface area (Å²) < 4.78 is 5.39. The lowest BCUT2D eigenvalue weighted by molar-refractivity contribution is 0.0769. The molecule has 5 nitrogen and oxygen atoms in total. The lowest BCUT2D eigenvalue weighted by Gasteiger charge is -2.22. The van der Waals surface area contributed by atoms with Gasteiger partial charge in [-0.15, -0.1) is 0 Å². The van der Waals surface area contributed by atoms with Gasteiger partial charge >= 0.3 is 6.09 Å². The van der Waals surface area contributed by atoms with Crippen molar-refractivity contribution in [2.45, 2.75) is 27.7 Å². The van der Waals surface area contributed by atoms with E-state index in [1.54, 1.807) is 34.1 Å². The third-order valence-electron chi connectivity index (χ3n) is 3.39. The average Bonchev–Trinajstić information content (AvgIpc) is 2.50. The molecule has 0 fully saturated rings. The van der Waals surface area contributed by atoms with Crippen LogP contribution in [0.3, 0.4) is 0 Å². The van der Waals surface area contributed by atoms with Crippen LogP contribution in [0.25, 0.3) is 0 Å². The van der Waals surface area contributed by atoms with E-state index in [0.717, 1.165) is 0 Å². The molecule has 1 aromatic carbocycles. The number of nitrogens with zero attached hydrogens (tertiary/aromatic N) is 2. The predicted octanol–water partition coefficient (Wildman–Crippen LogP) is 3.01. The third-order valence-corrected chi connectivity index (χ3v) is 3.39. The lowest BCUT2D eigenvalue weighted by atomic mass is 10.1. The third kappa shape index (κ3) is 4.21. The smallest absolute Gasteiger partial charge is 0.409 e. The van der Waals surface area contributed by atoms with E-state index < -0.39 is 6.09 Å². The average molecular weight is 292 g/mol. The number of hydrogen-bond donors (Lipinski definition) is 0. The Morgan fingerprint density at radius 1 is 0.905 bits per heavy atom. The van der Waals surface area contributed by atoms with Crippen LogP contribution in [0.2, 0.25) is 0 Å². The largest absolute Gasteiger partial charge is 0.415 e. The van der Waals surface area contributed by atoms with Gasteiger partial charge in [-0.2, -0.15) is 0 Å². The number of carbonyl (C=O) groups excluding carboxylic acids is 2.